The van der Waals surface area contributed by atoms with Gasteiger partial charge in [-0.3, -0.25) is 0 Å². The van der Waals surface area contributed by atoms with Crippen LogP contribution in [0.3, 0.4) is 0 Å². The third-order valence-electron chi connectivity index (χ3n) is 1.94. The number of azide groups is 1. The van der Waals surface area contributed by atoms with Crippen molar-refractivity contribution in [1.29, 1.82) is 0 Å². The average Bonchev–Trinajstić information content (AvgIpc) is 2.59. The van der Waals surface area contributed by atoms with Crippen molar-refractivity contribution in [3.8, 4) is 0 Å². The van der Waals surface area contributed by atoms with Crippen LogP contribution in [0.5, 0.6) is 0 Å². The maximum atomic E-state index is 12.0. The fourth-order valence-electron chi connectivity index (χ4n) is 1.24. The van der Waals surface area contributed by atoms with Crippen molar-refractivity contribution in [1.82, 2.24) is 0 Å². The lowest BCUT2D eigenvalue weighted by molar-refractivity contribution is 0.131. The van der Waals surface area contributed by atoms with Crippen molar-refractivity contribution in [3.05, 3.63) is 34.1 Å². The second-order valence-electron chi connectivity index (χ2n) is 3.14. The van der Waals surface area contributed by atoms with E-state index in [1.54, 1.807) is 19.1 Å². The molecule has 0 aromatic carbocycles. The molecular formula is C9H11F2N3O. The number of nitrogens with zero attached hydrogens (tertiary/aromatic N) is 3. The molecule has 0 fully saturated rings. The van der Waals surface area contributed by atoms with Crippen molar-refractivity contribution >= 4 is 0 Å². The van der Waals surface area contributed by atoms with E-state index in [0.29, 0.717) is 11.5 Å². The molecule has 4 nitrogen and oxygen atoms in total. The summed E-state index contributed by atoms with van der Waals surface area (Å²) in [5.74, 6) is 1.10. The first-order chi connectivity index (χ1) is 7.13. The van der Waals surface area contributed by atoms with Gasteiger partial charge in [0.25, 0.3) is 0 Å². The molecule has 82 valence electrons. The number of hydrogen-bond donors (Lipinski definition) is 0. The van der Waals surface area contributed by atoms with E-state index in [-0.39, 0.29) is 12.8 Å². The molecule has 1 unspecified atom stereocenters. The van der Waals surface area contributed by atoms with E-state index in [4.69, 9.17) is 9.95 Å². The molecule has 0 aliphatic heterocycles. The Kier molecular flexibility index (Phi) is 4.12. The van der Waals surface area contributed by atoms with Crippen LogP contribution in [-0.2, 0) is 0 Å². The quantitative estimate of drug-likeness (QED) is 0.416. The molecule has 1 aromatic rings. The fourth-order valence-corrected chi connectivity index (χ4v) is 1.24. The molecule has 15 heavy (non-hydrogen) atoms. The number of aryl methyl sites for hydroxylation is 1. The minimum absolute atomic E-state index is 0.0919. The van der Waals surface area contributed by atoms with Gasteiger partial charge in [-0.2, -0.15) is 0 Å². The first-order valence-electron chi connectivity index (χ1n) is 4.52. The van der Waals surface area contributed by atoms with Gasteiger partial charge in [-0.25, -0.2) is 8.78 Å². The predicted octanol–water partition coefficient (Wildman–Crippen LogP) is 3.98. The minimum atomic E-state index is -2.39. The molecule has 6 heteroatoms. The average molecular weight is 215 g/mol. The summed E-state index contributed by atoms with van der Waals surface area (Å²) in [6.45, 7) is 1.74. The lowest BCUT2D eigenvalue weighted by Crippen LogP contribution is -1.97. The Hall–Kier alpha value is -1.55. The molecule has 1 heterocycles. The maximum Gasteiger partial charge on any atom is 0.238 e. The molecular weight excluding hydrogens is 204 g/mol. The van der Waals surface area contributed by atoms with Crippen molar-refractivity contribution in [2.45, 2.75) is 32.2 Å². The highest BCUT2D eigenvalue weighted by atomic mass is 19.3. The van der Waals surface area contributed by atoms with Crippen molar-refractivity contribution in [3.63, 3.8) is 0 Å². The second kappa shape index (κ2) is 5.36. The van der Waals surface area contributed by atoms with Gasteiger partial charge >= 0.3 is 0 Å². The number of halogens is 2. The van der Waals surface area contributed by atoms with Crippen LogP contribution in [0.4, 0.5) is 8.78 Å². The molecule has 1 atom stereocenters. The summed E-state index contributed by atoms with van der Waals surface area (Å²) in [6.07, 6.45) is -2.60. The Balaban J connectivity index is 2.69. The molecule has 1 aromatic heterocycles. The monoisotopic (exact) mass is 215 g/mol. The van der Waals surface area contributed by atoms with Crippen LogP contribution in [0.25, 0.3) is 10.4 Å². The first-order valence-corrected chi connectivity index (χ1v) is 4.52. The molecule has 0 saturated heterocycles. The van der Waals surface area contributed by atoms with E-state index in [0.717, 1.165) is 0 Å². The predicted molar refractivity (Wildman–Crippen MR) is 50.6 cm³/mol. The summed E-state index contributed by atoms with van der Waals surface area (Å²) < 4.78 is 29.2. The van der Waals surface area contributed by atoms with Gasteiger partial charge in [-0.05, 0) is 31.0 Å². The van der Waals surface area contributed by atoms with Gasteiger partial charge in [-0.1, -0.05) is 5.11 Å². The van der Waals surface area contributed by atoms with Crippen molar-refractivity contribution in [2.24, 2.45) is 5.11 Å². The highest BCUT2D eigenvalue weighted by molar-refractivity contribution is 5.09. The first kappa shape index (κ1) is 11.5. The van der Waals surface area contributed by atoms with Gasteiger partial charge in [-0.15, -0.1) is 0 Å². The summed E-state index contributed by atoms with van der Waals surface area (Å²) in [5, 5.41) is 3.43. The van der Waals surface area contributed by atoms with Gasteiger partial charge in [0.15, 0.2) is 0 Å². The van der Waals surface area contributed by atoms with Crippen molar-refractivity contribution < 1.29 is 13.2 Å². The summed E-state index contributed by atoms with van der Waals surface area (Å²) >= 11 is 0. The Morgan fingerprint density at radius 3 is 2.67 bits per heavy atom. The largest absolute Gasteiger partial charge is 0.466 e. The van der Waals surface area contributed by atoms with Crippen LogP contribution in [0.15, 0.2) is 21.7 Å². The van der Waals surface area contributed by atoms with Gasteiger partial charge < -0.3 is 4.42 Å². The topological polar surface area (TPSA) is 61.9 Å². The summed E-state index contributed by atoms with van der Waals surface area (Å²) in [4.78, 5) is 2.62. The number of alkyl halides is 2. The number of furan rings is 1. The molecule has 0 amide bonds. The minimum Gasteiger partial charge on any atom is -0.466 e. The van der Waals surface area contributed by atoms with E-state index >= 15 is 0 Å². The van der Waals surface area contributed by atoms with E-state index in [1.165, 1.54) is 0 Å². The number of rotatable bonds is 5. The summed E-state index contributed by atoms with van der Waals surface area (Å²) in [5.41, 5.74) is 8.30. The highest BCUT2D eigenvalue weighted by Crippen LogP contribution is 2.26. The van der Waals surface area contributed by atoms with E-state index in [9.17, 15) is 8.78 Å². The van der Waals surface area contributed by atoms with Crippen LogP contribution < -0.4 is 0 Å². The van der Waals surface area contributed by atoms with Gasteiger partial charge in [0.1, 0.15) is 11.5 Å². The standard InChI is InChI=1S/C9H11F2N3O/c1-6-2-4-8(15-6)7(13-14-12)3-5-9(10)11/h2,4,7,9H,3,5H2,1H3. The number of hydrogen-bond acceptors (Lipinski definition) is 2. The lowest BCUT2D eigenvalue weighted by atomic mass is 10.1. The van der Waals surface area contributed by atoms with E-state index in [1.807, 2.05) is 0 Å². The molecule has 0 radical (unpaired) electrons. The second-order valence-corrected chi connectivity index (χ2v) is 3.14. The van der Waals surface area contributed by atoms with Crippen LogP contribution in [0.1, 0.15) is 30.4 Å². The third-order valence-corrected chi connectivity index (χ3v) is 1.94. The van der Waals surface area contributed by atoms with Crippen LogP contribution in [-0.4, -0.2) is 6.43 Å². The van der Waals surface area contributed by atoms with Gasteiger partial charge in [0.05, 0.1) is 6.04 Å². The Morgan fingerprint density at radius 2 is 2.20 bits per heavy atom. The summed E-state index contributed by atoms with van der Waals surface area (Å²) in [6, 6.07) is 2.70. The van der Waals surface area contributed by atoms with Crippen LogP contribution >= 0.6 is 0 Å². The zero-order valence-electron chi connectivity index (χ0n) is 8.23. The molecule has 0 bridgehead atoms. The molecule has 1 rings (SSSR count). The summed E-state index contributed by atoms with van der Waals surface area (Å²) in [7, 11) is 0. The normalized spacial score (nSPS) is 12.5. The Morgan fingerprint density at radius 1 is 1.47 bits per heavy atom. The van der Waals surface area contributed by atoms with E-state index in [2.05, 4.69) is 10.0 Å². The van der Waals surface area contributed by atoms with Crippen LogP contribution in [0, 0.1) is 6.92 Å². The van der Waals surface area contributed by atoms with E-state index < -0.39 is 12.5 Å². The molecule has 0 saturated carbocycles. The molecule has 0 N–H and O–H groups in total. The molecule has 0 spiro atoms. The molecule has 0 aliphatic carbocycles. The SMILES string of the molecule is Cc1ccc(C(CCC(F)F)N=[N+]=[N-])o1. The van der Waals surface area contributed by atoms with Crippen LogP contribution in [0.2, 0.25) is 0 Å². The van der Waals surface area contributed by atoms with Crippen molar-refractivity contribution in [2.75, 3.05) is 0 Å². The zero-order chi connectivity index (χ0) is 11.3. The Labute approximate surface area is 85.5 Å². The highest BCUT2D eigenvalue weighted by Gasteiger charge is 2.15. The molecule has 0 aliphatic rings. The zero-order valence-corrected chi connectivity index (χ0v) is 8.23. The fraction of sp³-hybridized carbons (Fsp3) is 0.556. The Bertz CT molecular complexity index is 358. The van der Waals surface area contributed by atoms with Gasteiger partial charge in [0, 0.05) is 11.3 Å². The van der Waals surface area contributed by atoms with Gasteiger partial charge in [0.2, 0.25) is 6.43 Å². The smallest absolute Gasteiger partial charge is 0.238 e. The third kappa shape index (κ3) is 3.59. The lowest BCUT2D eigenvalue weighted by Gasteiger charge is -2.07. The maximum absolute atomic E-state index is 12.0.